The molecule has 0 bridgehead atoms. The first-order valence-electron chi connectivity index (χ1n) is 11.4. The van der Waals surface area contributed by atoms with Gasteiger partial charge in [-0.3, -0.25) is 0 Å². The Bertz CT molecular complexity index is 1300. The minimum atomic E-state index is -1.48. The summed E-state index contributed by atoms with van der Waals surface area (Å²) < 4.78 is 35.6. The summed E-state index contributed by atoms with van der Waals surface area (Å²) in [4.78, 5) is 11.8. The third-order valence-electron chi connectivity index (χ3n) is 6.40. The number of oxime groups is 1. The van der Waals surface area contributed by atoms with Crippen molar-refractivity contribution in [3.8, 4) is 11.4 Å². The largest absolute Gasteiger partial charge is 0.495 e. The molecule has 5 rings (SSSR count). The third kappa shape index (κ3) is 4.16. The van der Waals surface area contributed by atoms with E-state index in [0.29, 0.717) is 18.1 Å². The molecule has 0 aliphatic carbocycles. The van der Waals surface area contributed by atoms with Crippen LogP contribution >= 0.6 is 0 Å². The number of amidine groups is 1. The van der Waals surface area contributed by atoms with Crippen LogP contribution in [0.15, 0.2) is 59.7 Å². The van der Waals surface area contributed by atoms with E-state index in [1.54, 1.807) is 18.3 Å². The Morgan fingerprint density at radius 2 is 1.97 bits per heavy atom. The lowest BCUT2D eigenvalue weighted by atomic mass is 9.99. The Morgan fingerprint density at radius 3 is 2.66 bits per heavy atom. The van der Waals surface area contributed by atoms with Crippen molar-refractivity contribution >= 4 is 11.9 Å². The number of halogens is 2. The molecule has 1 aromatic heterocycles. The summed E-state index contributed by atoms with van der Waals surface area (Å²) in [7, 11) is 1.62. The molecule has 9 heteroatoms. The van der Waals surface area contributed by atoms with E-state index in [1.807, 2.05) is 42.0 Å². The van der Waals surface area contributed by atoms with Gasteiger partial charge in [0.1, 0.15) is 24.0 Å². The van der Waals surface area contributed by atoms with Crippen molar-refractivity contribution < 1.29 is 23.5 Å². The fraction of sp³-hybridized carbons (Fsp3) is 0.308. The standard InChI is InChI=1S/C26H26F2N4O3/c1-17-14-31(16-29-17)23-7-6-18(10-24(23)34-2)9-19-5-3-4-8-32-25(19)30-35-26(32,15-33)20-11-21(27)13-22(28)12-20/h6-7,9-14,16,33H,3-5,8,15H2,1-2H3. The smallest absolute Gasteiger partial charge is 0.260 e. The van der Waals surface area contributed by atoms with Crippen molar-refractivity contribution in [1.29, 1.82) is 0 Å². The van der Waals surface area contributed by atoms with Gasteiger partial charge in [-0.15, -0.1) is 0 Å². The van der Waals surface area contributed by atoms with Crippen LogP contribution in [0.2, 0.25) is 0 Å². The summed E-state index contributed by atoms with van der Waals surface area (Å²) in [6.07, 6.45) is 8.11. The molecule has 35 heavy (non-hydrogen) atoms. The average molecular weight is 481 g/mol. The molecule has 1 atom stereocenters. The van der Waals surface area contributed by atoms with Gasteiger partial charge in [-0.05, 0) is 67.7 Å². The van der Waals surface area contributed by atoms with Gasteiger partial charge in [0.25, 0.3) is 5.72 Å². The van der Waals surface area contributed by atoms with E-state index >= 15 is 0 Å². The topological polar surface area (TPSA) is 72.1 Å². The molecule has 0 amide bonds. The highest BCUT2D eigenvalue weighted by molar-refractivity contribution is 6.03. The lowest BCUT2D eigenvalue weighted by molar-refractivity contribution is -0.136. The van der Waals surface area contributed by atoms with Gasteiger partial charge in [0, 0.05) is 24.4 Å². The average Bonchev–Trinajstić information content (AvgIpc) is 3.38. The summed E-state index contributed by atoms with van der Waals surface area (Å²) in [6, 6.07) is 9.01. The Hall–Kier alpha value is -3.72. The van der Waals surface area contributed by atoms with Crippen LogP contribution in [0.4, 0.5) is 8.78 Å². The molecule has 0 radical (unpaired) electrons. The van der Waals surface area contributed by atoms with Crippen molar-refractivity contribution in [2.75, 3.05) is 20.3 Å². The molecule has 1 fully saturated rings. The second-order valence-electron chi connectivity index (χ2n) is 8.74. The number of aromatic nitrogens is 2. The minimum absolute atomic E-state index is 0.180. The van der Waals surface area contributed by atoms with Crippen molar-refractivity contribution in [3.63, 3.8) is 0 Å². The van der Waals surface area contributed by atoms with Crippen molar-refractivity contribution in [2.45, 2.75) is 31.9 Å². The van der Waals surface area contributed by atoms with Gasteiger partial charge in [0.05, 0.1) is 24.8 Å². The minimum Gasteiger partial charge on any atom is -0.495 e. The van der Waals surface area contributed by atoms with Crippen LogP contribution in [0.3, 0.4) is 0 Å². The number of aliphatic hydroxyl groups is 1. The molecule has 0 saturated carbocycles. The zero-order chi connectivity index (χ0) is 24.6. The first-order chi connectivity index (χ1) is 16.9. The van der Waals surface area contributed by atoms with E-state index in [-0.39, 0.29) is 5.56 Å². The zero-order valence-corrected chi connectivity index (χ0v) is 19.5. The maximum absolute atomic E-state index is 14.0. The summed E-state index contributed by atoms with van der Waals surface area (Å²) >= 11 is 0. The maximum Gasteiger partial charge on any atom is 0.260 e. The van der Waals surface area contributed by atoms with Gasteiger partial charge < -0.3 is 24.1 Å². The van der Waals surface area contributed by atoms with Crippen molar-refractivity contribution in [2.24, 2.45) is 5.16 Å². The molecule has 182 valence electrons. The molecule has 7 nitrogen and oxygen atoms in total. The third-order valence-corrected chi connectivity index (χ3v) is 6.40. The van der Waals surface area contributed by atoms with E-state index in [4.69, 9.17) is 9.57 Å². The summed E-state index contributed by atoms with van der Waals surface area (Å²) in [5.41, 5.74) is 2.28. The first-order valence-corrected chi connectivity index (χ1v) is 11.4. The van der Waals surface area contributed by atoms with Crippen LogP contribution in [-0.4, -0.2) is 45.7 Å². The van der Waals surface area contributed by atoms with Crippen molar-refractivity contribution in [3.05, 3.63) is 83.0 Å². The number of aliphatic hydroxyl groups excluding tert-OH is 1. The van der Waals surface area contributed by atoms with E-state index in [0.717, 1.165) is 47.8 Å². The second-order valence-corrected chi connectivity index (χ2v) is 8.74. The van der Waals surface area contributed by atoms with E-state index < -0.39 is 24.0 Å². The fourth-order valence-electron chi connectivity index (χ4n) is 4.69. The number of benzene rings is 2. The monoisotopic (exact) mass is 480 g/mol. The van der Waals surface area contributed by atoms with Gasteiger partial charge in [-0.2, -0.15) is 0 Å². The quantitative estimate of drug-likeness (QED) is 0.581. The Labute approximate surface area is 201 Å². The first kappa shape index (κ1) is 23.0. The Kier molecular flexibility index (Phi) is 6.02. The zero-order valence-electron chi connectivity index (χ0n) is 19.5. The van der Waals surface area contributed by atoms with E-state index in [1.165, 1.54) is 12.1 Å². The summed E-state index contributed by atoms with van der Waals surface area (Å²) in [6.45, 7) is 1.94. The highest BCUT2D eigenvalue weighted by Crippen LogP contribution is 2.40. The van der Waals surface area contributed by atoms with Crippen LogP contribution in [0.25, 0.3) is 11.8 Å². The molecule has 1 N–H and O–H groups in total. The summed E-state index contributed by atoms with van der Waals surface area (Å²) in [5.74, 6) is -0.243. The number of imidazole rings is 1. The number of rotatable bonds is 5. The lowest BCUT2D eigenvalue weighted by Crippen LogP contribution is -2.49. The number of ether oxygens (including phenoxy) is 1. The lowest BCUT2D eigenvalue weighted by Gasteiger charge is -2.35. The number of fused-ring (bicyclic) bond motifs is 1. The second kappa shape index (κ2) is 9.14. The van der Waals surface area contributed by atoms with Gasteiger partial charge in [0.15, 0.2) is 5.84 Å². The van der Waals surface area contributed by atoms with Crippen LogP contribution in [0.5, 0.6) is 5.75 Å². The van der Waals surface area contributed by atoms with E-state index in [2.05, 4.69) is 10.1 Å². The maximum atomic E-state index is 14.0. The molecule has 1 saturated heterocycles. The van der Waals surface area contributed by atoms with Gasteiger partial charge in [-0.25, -0.2) is 13.8 Å². The molecule has 3 heterocycles. The molecular weight excluding hydrogens is 454 g/mol. The van der Waals surface area contributed by atoms with E-state index in [9.17, 15) is 13.9 Å². The van der Waals surface area contributed by atoms with Crippen LogP contribution in [0, 0.1) is 18.6 Å². The number of hydrogen-bond acceptors (Lipinski definition) is 6. The van der Waals surface area contributed by atoms with Crippen LogP contribution in [0.1, 0.15) is 36.1 Å². The SMILES string of the molecule is COc1cc(C=C2CCCCN3C2=NOC3(CO)c2cc(F)cc(F)c2)ccc1-n1cnc(C)c1. The van der Waals surface area contributed by atoms with Gasteiger partial charge in [-0.1, -0.05) is 11.2 Å². The predicted octanol–water partition coefficient (Wildman–Crippen LogP) is 4.53. The highest BCUT2D eigenvalue weighted by Gasteiger charge is 2.49. The molecule has 2 aliphatic heterocycles. The molecule has 3 aromatic rings. The normalized spacial score (nSPS) is 20.9. The number of hydrogen-bond donors (Lipinski definition) is 1. The van der Waals surface area contributed by atoms with Crippen LogP contribution < -0.4 is 4.74 Å². The molecule has 1 unspecified atom stereocenters. The van der Waals surface area contributed by atoms with Crippen LogP contribution in [-0.2, 0) is 10.6 Å². The number of methoxy groups -OCH3 is 1. The fourth-order valence-corrected chi connectivity index (χ4v) is 4.69. The van der Waals surface area contributed by atoms with Gasteiger partial charge >= 0.3 is 0 Å². The van der Waals surface area contributed by atoms with Crippen molar-refractivity contribution in [1.82, 2.24) is 14.5 Å². The molecular formula is C26H26F2N4O3. The molecule has 0 spiro atoms. The Morgan fingerprint density at radius 1 is 1.17 bits per heavy atom. The molecule has 2 aromatic carbocycles. The predicted molar refractivity (Wildman–Crippen MR) is 127 cm³/mol. The van der Waals surface area contributed by atoms with Gasteiger partial charge in [0.2, 0.25) is 0 Å². The Balaban J connectivity index is 1.51. The number of aryl methyl sites for hydroxylation is 1. The summed E-state index contributed by atoms with van der Waals surface area (Å²) in [5, 5.41) is 14.6. The highest BCUT2D eigenvalue weighted by atomic mass is 19.1. The molecule has 2 aliphatic rings. The number of nitrogens with zero attached hydrogens (tertiary/aromatic N) is 4.